The molecular weight excluding hydrogens is 312 g/mol. The minimum atomic E-state index is -2.81. The largest absolute Gasteiger partial charge is 0.348 e. The van der Waals surface area contributed by atoms with Crippen LogP contribution in [0.15, 0.2) is 48.8 Å². The Morgan fingerprint density at radius 2 is 2.04 bits per heavy atom. The van der Waals surface area contributed by atoms with Crippen LogP contribution in [0.5, 0.6) is 0 Å². The number of carbonyl (C=O) groups excluding carboxylic acids is 1. The van der Waals surface area contributed by atoms with E-state index in [4.69, 9.17) is 0 Å². The molecule has 1 amide bonds. The summed E-state index contributed by atoms with van der Waals surface area (Å²) in [6, 6.07) is 10.5. The first-order valence-corrected chi connectivity index (χ1v) is 7.86. The van der Waals surface area contributed by atoms with E-state index in [9.17, 15) is 13.6 Å². The van der Waals surface area contributed by atoms with Gasteiger partial charge in [-0.2, -0.15) is 0 Å². The molecule has 2 aromatic rings. The molecule has 0 radical (unpaired) electrons. The molecular formula is C18H19F2N3O. The molecule has 0 bridgehead atoms. The molecule has 2 heterocycles. The molecule has 4 nitrogen and oxygen atoms in total. The smallest absolute Gasteiger partial charge is 0.262 e. The Bertz CT molecular complexity index is 704. The second-order valence-corrected chi connectivity index (χ2v) is 6.09. The van der Waals surface area contributed by atoms with E-state index < -0.39 is 30.8 Å². The van der Waals surface area contributed by atoms with Crippen LogP contribution in [0, 0.1) is 0 Å². The molecule has 2 unspecified atom stereocenters. The number of alkyl halides is 2. The molecule has 1 saturated heterocycles. The lowest BCUT2D eigenvalue weighted by atomic mass is 10.0. The van der Waals surface area contributed by atoms with E-state index in [1.807, 2.05) is 43.3 Å². The van der Waals surface area contributed by atoms with E-state index >= 15 is 0 Å². The number of carbonyl (C=O) groups is 1. The highest BCUT2D eigenvalue weighted by molar-refractivity contribution is 5.82. The summed E-state index contributed by atoms with van der Waals surface area (Å²) in [5.41, 5.74) is 2.96. The van der Waals surface area contributed by atoms with Crippen molar-refractivity contribution in [1.82, 2.24) is 15.6 Å². The van der Waals surface area contributed by atoms with Crippen molar-refractivity contribution < 1.29 is 13.6 Å². The number of aromatic nitrogens is 1. The van der Waals surface area contributed by atoms with Crippen molar-refractivity contribution in [3.8, 4) is 11.1 Å². The van der Waals surface area contributed by atoms with Crippen LogP contribution in [0.4, 0.5) is 8.78 Å². The van der Waals surface area contributed by atoms with Crippen molar-refractivity contribution >= 4 is 5.91 Å². The highest BCUT2D eigenvalue weighted by Crippen LogP contribution is 2.26. The average molecular weight is 331 g/mol. The second-order valence-electron chi connectivity index (χ2n) is 6.09. The quantitative estimate of drug-likeness (QED) is 0.906. The van der Waals surface area contributed by atoms with Gasteiger partial charge in [0.05, 0.1) is 18.6 Å². The summed E-state index contributed by atoms with van der Waals surface area (Å²) in [5.74, 6) is -3.20. The van der Waals surface area contributed by atoms with E-state index in [1.165, 1.54) is 0 Å². The molecule has 1 aliphatic heterocycles. The third kappa shape index (κ3) is 3.76. The van der Waals surface area contributed by atoms with Crippen LogP contribution in [-0.4, -0.2) is 29.4 Å². The first kappa shape index (κ1) is 16.5. The lowest BCUT2D eigenvalue weighted by molar-refractivity contribution is -0.124. The zero-order chi connectivity index (χ0) is 17.2. The fourth-order valence-electron chi connectivity index (χ4n) is 2.80. The summed E-state index contributed by atoms with van der Waals surface area (Å²) in [4.78, 5) is 16.2. The average Bonchev–Trinajstić information content (AvgIpc) is 2.96. The fourth-order valence-corrected chi connectivity index (χ4v) is 2.80. The number of rotatable bonds is 4. The highest BCUT2D eigenvalue weighted by atomic mass is 19.3. The molecule has 126 valence electrons. The van der Waals surface area contributed by atoms with Crippen LogP contribution in [0.25, 0.3) is 11.1 Å². The number of hydrogen-bond acceptors (Lipinski definition) is 3. The molecule has 3 rings (SSSR count). The maximum absolute atomic E-state index is 13.2. The van der Waals surface area contributed by atoms with E-state index in [2.05, 4.69) is 15.6 Å². The van der Waals surface area contributed by atoms with Gasteiger partial charge < -0.3 is 5.32 Å². The first-order valence-electron chi connectivity index (χ1n) is 7.86. The Kier molecular flexibility index (Phi) is 4.57. The minimum Gasteiger partial charge on any atom is -0.348 e. The van der Waals surface area contributed by atoms with Crippen molar-refractivity contribution in [2.24, 2.45) is 0 Å². The molecule has 1 aliphatic rings. The highest BCUT2D eigenvalue weighted by Gasteiger charge is 2.42. The Balaban J connectivity index is 1.63. The summed E-state index contributed by atoms with van der Waals surface area (Å²) in [6.07, 6.45) is 3.05. The molecule has 0 spiro atoms. The predicted molar refractivity (Wildman–Crippen MR) is 87.6 cm³/mol. The standard InChI is InChI=1S/C18H19F2N3O/c1-12(23-17(24)16-9-18(19,20)11-22-16)13-4-6-14(7-5-13)15-3-2-8-21-10-15/h2-8,10,12,16,22H,9,11H2,1H3,(H,23,24). The molecule has 1 aromatic heterocycles. The van der Waals surface area contributed by atoms with E-state index in [0.717, 1.165) is 16.7 Å². The number of benzene rings is 1. The molecule has 24 heavy (non-hydrogen) atoms. The van der Waals surface area contributed by atoms with Gasteiger partial charge in [0.15, 0.2) is 0 Å². The van der Waals surface area contributed by atoms with E-state index in [1.54, 1.807) is 12.4 Å². The van der Waals surface area contributed by atoms with Gasteiger partial charge in [0, 0.05) is 18.8 Å². The van der Waals surface area contributed by atoms with Gasteiger partial charge in [0.2, 0.25) is 5.91 Å². The molecule has 6 heteroatoms. The number of pyridine rings is 1. The SMILES string of the molecule is CC(NC(=O)C1CC(F)(F)CN1)c1ccc(-c2cccnc2)cc1. The molecule has 0 saturated carbocycles. The third-order valence-corrected chi connectivity index (χ3v) is 4.19. The zero-order valence-corrected chi connectivity index (χ0v) is 13.3. The minimum absolute atomic E-state index is 0.253. The van der Waals surface area contributed by atoms with Gasteiger partial charge >= 0.3 is 0 Å². The van der Waals surface area contributed by atoms with Crippen molar-refractivity contribution in [2.75, 3.05) is 6.54 Å². The third-order valence-electron chi connectivity index (χ3n) is 4.19. The number of amides is 1. The molecule has 1 aromatic carbocycles. The van der Waals surface area contributed by atoms with Gasteiger partial charge in [0.25, 0.3) is 5.92 Å². The monoisotopic (exact) mass is 331 g/mol. The summed E-state index contributed by atoms with van der Waals surface area (Å²) >= 11 is 0. The summed E-state index contributed by atoms with van der Waals surface area (Å²) < 4.78 is 26.3. The molecule has 2 N–H and O–H groups in total. The van der Waals surface area contributed by atoms with Crippen LogP contribution in [-0.2, 0) is 4.79 Å². The number of nitrogens with zero attached hydrogens (tertiary/aromatic N) is 1. The second kappa shape index (κ2) is 6.65. The Morgan fingerprint density at radius 3 is 2.62 bits per heavy atom. The lowest BCUT2D eigenvalue weighted by Gasteiger charge is -2.18. The number of hydrogen-bond donors (Lipinski definition) is 2. The molecule has 2 atom stereocenters. The van der Waals surface area contributed by atoms with Crippen LogP contribution in [0.2, 0.25) is 0 Å². The summed E-state index contributed by atoms with van der Waals surface area (Å²) in [5, 5.41) is 5.35. The molecule has 1 fully saturated rings. The fraction of sp³-hybridized carbons (Fsp3) is 0.333. The van der Waals surface area contributed by atoms with Crippen molar-refractivity contribution in [1.29, 1.82) is 0 Å². The van der Waals surface area contributed by atoms with Gasteiger partial charge in [-0.05, 0) is 29.7 Å². The van der Waals surface area contributed by atoms with Crippen LogP contribution >= 0.6 is 0 Å². The molecule has 0 aliphatic carbocycles. The van der Waals surface area contributed by atoms with Crippen LogP contribution in [0.3, 0.4) is 0 Å². The van der Waals surface area contributed by atoms with E-state index in [0.29, 0.717) is 0 Å². The van der Waals surface area contributed by atoms with Crippen LogP contribution in [0.1, 0.15) is 24.9 Å². The van der Waals surface area contributed by atoms with Crippen LogP contribution < -0.4 is 10.6 Å². The van der Waals surface area contributed by atoms with Gasteiger partial charge in [0.1, 0.15) is 0 Å². The normalized spacial score (nSPS) is 20.5. The summed E-state index contributed by atoms with van der Waals surface area (Å²) in [7, 11) is 0. The number of halogens is 2. The van der Waals surface area contributed by atoms with Gasteiger partial charge in [-0.15, -0.1) is 0 Å². The topological polar surface area (TPSA) is 54.0 Å². The van der Waals surface area contributed by atoms with Crippen molar-refractivity contribution in [2.45, 2.75) is 31.4 Å². The summed E-state index contributed by atoms with van der Waals surface area (Å²) in [6.45, 7) is 1.39. The van der Waals surface area contributed by atoms with Gasteiger partial charge in [-0.1, -0.05) is 30.3 Å². The Labute approximate surface area is 139 Å². The van der Waals surface area contributed by atoms with Crippen molar-refractivity contribution in [3.63, 3.8) is 0 Å². The Hall–Kier alpha value is -2.34. The first-order chi connectivity index (χ1) is 11.4. The van der Waals surface area contributed by atoms with Gasteiger partial charge in [-0.25, -0.2) is 8.78 Å². The zero-order valence-electron chi connectivity index (χ0n) is 13.3. The van der Waals surface area contributed by atoms with Crippen molar-refractivity contribution in [3.05, 3.63) is 54.4 Å². The lowest BCUT2D eigenvalue weighted by Crippen LogP contribution is -2.41. The number of nitrogens with one attached hydrogen (secondary N) is 2. The van der Waals surface area contributed by atoms with E-state index in [-0.39, 0.29) is 6.04 Å². The maximum Gasteiger partial charge on any atom is 0.262 e. The maximum atomic E-state index is 13.2. The van der Waals surface area contributed by atoms with Gasteiger partial charge in [-0.3, -0.25) is 15.1 Å². The Morgan fingerprint density at radius 1 is 1.29 bits per heavy atom. The predicted octanol–water partition coefficient (Wildman–Crippen LogP) is 2.92.